The highest BCUT2D eigenvalue weighted by Gasteiger charge is 2.22. The Balaban J connectivity index is 1.72. The second-order valence-corrected chi connectivity index (χ2v) is 10.8. The molecule has 0 spiro atoms. The van der Waals surface area contributed by atoms with Gasteiger partial charge in [0.15, 0.2) is 0 Å². The Kier molecular flexibility index (Phi) is 9.95. The summed E-state index contributed by atoms with van der Waals surface area (Å²) in [5, 5.41) is 11.7. The van der Waals surface area contributed by atoms with Crippen molar-refractivity contribution < 1.29 is 17.8 Å². The van der Waals surface area contributed by atoms with E-state index in [2.05, 4.69) is 14.7 Å². The van der Waals surface area contributed by atoms with Crippen LogP contribution < -0.4 is 4.72 Å². The predicted molar refractivity (Wildman–Crippen MR) is 144 cm³/mol. The fourth-order valence-corrected chi connectivity index (χ4v) is 5.32. The molecular formula is C25H36N6O5S. The molecule has 2 aromatic heterocycles. The molecular weight excluding hydrogens is 496 g/mol. The van der Waals surface area contributed by atoms with Crippen LogP contribution in [0.15, 0.2) is 35.0 Å². The SMILES string of the molecule is CCCCN(CCCC)S(=O)(=O)Nc1ccc2oc(C)c(CCN(C)Cc3ncc([N+](=O)[O-])cn3)c2c1. The van der Waals surface area contributed by atoms with Crippen molar-refractivity contribution in [2.24, 2.45) is 0 Å². The van der Waals surface area contributed by atoms with Gasteiger partial charge in [0.25, 0.3) is 0 Å². The predicted octanol–water partition coefficient (Wildman–Crippen LogP) is 4.67. The van der Waals surface area contributed by atoms with Gasteiger partial charge in [-0.1, -0.05) is 26.7 Å². The first kappa shape index (κ1) is 28.5. The highest BCUT2D eigenvalue weighted by atomic mass is 32.2. The van der Waals surface area contributed by atoms with Crippen LogP contribution in [0.1, 0.15) is 56.7 Å². The third kappa shape index (κ3) is 7.70. The average molecular weight is 533 g/mol. The summed E-state index contributed by atoms with van der Waals surface area (Å²) in [7, 11) is -1.76. The number of hydrogen-bond acceptors (Lipinski definition) is 8. The lowest BCUT2D eigenvalue weighted by molar-refractivity contribution is -0.385. The summed E-state index contributed by atoms with van der Waals surface area (Å²) in [6, 6.07) is 5.35. The van der Waals surface area contributed by atoms with E-state index in [-0.39, 0.29) is 5.69 Å². The smallest absolute Gasteiger partial charge is 0.305 e. The number of nitrogens with one attached hydrogen (secondary N) is 1. The molecule has 1 N–H and O–H groups in total. The summed E-state index contributed by atoms with van der Waals surface area (Å²) in [4.78, 5) is 20.4. The Bertz CT molecular complexity index is 1280. The Labute approximate surface area is 218 Å². The third-order valence-electron chi connectivity index (χ3n) is 6.16. The largest absolute Gasteiger partial charge is 0.461 e. The van der Waals surface area contributed by atoms with Crippen LogP contribution in [0.4, 0.5) is 11.4 Å². The maximum Gasteiger partial charge on any atom is 0.305 e. The van der Waals surface area contributed by atoms with Crippen molar-refractivity contribution in [3.05, 3.63) is 57.9 Å². The van der Waals surface area contributed by atoms with E-state index in [1.807, 2.05) is 38.8 Å². The van der Waals surface area contributed by atoms with Gasteiger partial charge in [0, 0.05) is 30.6 Å². The van der Waals surface area contributed by atoms with Gasteiger partial charge in [-0.15, -0.1) is 0 Å². The van der Waals surface area contributed by atoms with Crippen molar-refractivity contribution >= 4 is 32.6 Å². The Hall–Kier alpha value is -3.09. The monoisotopic (exact) mass is 532 g/mol. The van der Waals surface area contributed by atoms with Gasteiger partial charge in [0.1, 0.15) is 29.6 Å². The molecule has 3 rings (SSSR count). The van der Waals surface area contributed by atoms with Crippen LogP contribution in [0, 0.1) is 17.0 Å². The molecule has 37 heavy (non-hydrogen) atoms. The summed E-state index contributed by atoms with van der Waals surface area (Å²) in [6.45, 7) is 8.08. The fraction of sp³-hybridized carbons (Fsp3) is 0.520. The van der Waals surface area contributed by atoms with Crippen molar-refractivity contribution in [3.63, 3.8) is 0 Å². The van der Waals surface area contributed by atoms with Gasteiger partial charge in [0.05, 0.1) is 17.2 Å². The van der Waals surface area contributed by atoms with Gasteiger partial charge in [-0.05, 0) is 51.4 Å². The molecule has 0 saturated carbocycles. The van der Waals surface area contributed by atoms with Crippen molar-refractivity contribution in [1.29, 1.82) is 0 Å². The molecule has 0 fully saturated rings. The number of benzene rings is 1. The second-order valence-electron chi connectivity index (χ2n) is 9.16. The van der Waals surface area contributed by atoms with Crippen LogP contribution in [0.3, 0.4) is 0 Å². The van der Waals surface area contributed by atoms with Gasteiger partial charge in [-0.2, -0.15) is 12.7 Å². The first-order valence-electron chi connectivity index (χ1n) is 12.6. The molecule has 12 heteroatoms. The van der Waals surface area contributed by atoms with Crippen LogP contribution in [0.2, 0.25) is 0 Å². The Morgan fingerprint density at radius 1 is 1.08 bits per heavy atom. The van der Waals surface area contributed by atoms with Gasteiger partial charge < -0.3 is 4.42 Å². The van der Waals surface area contributed by atoms with Crippen LogP contribution in [-0.2, 0) is 23.2 Å². The lowest BCUT2D eigenvalue weighted by Crippen LogP contribution is -2.37. The molecule has 0 atom stereocenters. The number of rotatable bonds is 15. The standard InChI is InChI=1S/C25H36N6O5S/c1-5-7-12-30(13-8-6-2)37(34,35)28-20-9-10-24-23(15-20)22(19(3)36-24)11-14-29(4)18-25-26-16-21(17-27-25)31(32)33/h9-10,15-17,28H,5-8,11-14,18H2,1-4H3. The fourth-order valence-electron chi connectivity index (χ4n) is 4.03. The molecule has 0 aliphatic rings. The second kappa shape index (κ2) is 12.9. The molecule has 0 aliphatic heterocycles. The van der Waals surface area contributed by atoms with E-state index < -0.39 is 15.1 Å². The van der Waals surface area contributed by atoms with E-state index in [1.54, 1.807) is 12.1 Å². The van der Waals surface area contributed by atoms with Crippen molar-refractivity contribution in [2.75, 3.05) is 31.4 Å². The first-order valence-corrected chi connectivity index (χ1v) is 14.0. The number of unbranched alkanes of at least 4 members (excludes halogenated alkanes) is 2. The molecule has 202 valence electrons. The number of nitrogens with zero attached hydrogens (tertiary/aromatic N) is 5. The number of anilines is 1. The van der Waals surface area contributed by atoms with E-state index in [9.17, 15) is 18.5 Å². The van der Waals surface area contributed by atoms with Gasteiger partial charge in [0.2, 0.25) is 0 Å². The number of aryl methyl sites for hydroxylation is 1. The first-order chi connectivity index (χ1) is 17.6. The molecule has 3 aromatic rings. The number of fused-ring (bicyclic) bond motifs is 1. The normalized spacial score (nSPS) is 12.1. The molecule has 0 radical (unpaired) electrons. The van der Waals surface area contributed by atoms with Crippen LogP contribution in [-0.4, -0.2) is 59.2 Å². The minimum Gasteiger partial charge on any atom is -0.461 e. The highest BCUT2D eigenvalue weighted by Crippen LogP contribution is 2.29. The van der Waals surface area contributed by atoms with E-state index in [0.717, 1.165) is 42.4 Å². The summed E-state index contributed by atoms with van der Waals surface area (Å²) in [5.74, 6) is 1.27. The zero-order valence-electron chi connectivity index (χ0n) is 21.9. The number of aromatic nitrogens is 2. The zero-order valence-corrected chi connectivity index (χ0v) is 22.8. The molecule has 0 saturated heterocycles. The topological polar surface area (TPSA) is 135 Å². The highest BCUT2D eigenvalue weighted by molar-refractivity contribution is 7.90. The minimum absolute atomic E-state index is 0.142. The van der Waals surface area contributed by atoms with E-state index in [1.165, 1.54) is 16.7 Å². The molecule has 1 aromatic carbocycles. The average Bonchev–Trinajstić information content (AvgIpc) is 3.16. The van der Waals surface area contributed by atoms with Gasteiger partial charge >= 0.3 is 15.9 Å². The van der Waals surface area contributed by atoms with Crippen molar-refractivity contribution in [3.8, 4) is 0 Å². The zero-order chi connectivity index (χ0) is 27.0. The minimum atomic E-state index is -3.67. The van der Waals surface area contributed by atoms with Gasteiger partial charge in [-0.25, -0.2) is 9.97 Å². The maximum atomic E-state index is 13.1. The molecule has 2 heterocycles. The quantitative estimate of drug-likeness (QED) is 0.220. The molecule has 0 bridgehead atoms. The van der Waals surface area contributed by atoms with Crippen LogP contribution in [0.25, 0.3) is 11.0 Å². The Morgan fingerprint density at radius 2 is 1.73 bits per heavy atom. The van der Waals surface area contributed by atoms with Crippen LogP contribution >= 0.6 is 0 Å². The lowest BCUT2D eigenvalue weighted by atomic mass is 10.1. The maximum absolute atomic E-state index is 13.1. The van der Waals surface area contributed by atoms with Crippen molar-refractivity contribution in [1.82, 2.24) is 19.2 Å². The summed E-state index contributed by atoms with van der Waals surface area (Å²) in [6.07, 6.45) is 6.55. The van der Waals surface area contributed by atoms with Gasteiger partial charge in [-0.3, -0.25) is 19.7 Å². The van der Waals surface area contributed by atoms with Crippen molar-refractivity contribution in [2.45, 2.75) is 59.4 Å². The van der Waals surface area contributed by atoms with E-state index in [4.69, 9.17) is 4.42 Å². The van der Waals surface area contributed by atoms with E-state index in [0.29, 0.717) is 49.7 Å². The molecule has 0 aliphatic carbocycles. The number of furan rings is 1. The third-order valence-corrected chi connectivity index (χ3v) is 7.70. The molecule has 11 nitrogen and oxygen atoms in total. The number of nitro groups is 1. The summed E-state index contributed by atoms with van der Waals surface area (Å²) < 4.78 is 36.5. The number of hydrogen-bond donors (Lipinski definition) is 1. The van der Waals surface area contributed by atoms with E-state index >= 15 is 0 Å². The summed E-state index contributed by atoms with van der Waals surface area (Å²) >= 11 is 0. The Morgan fingerprint density at radius 3 is 2.32 bits per heavy atom. The molecule has 0 unspecified atom stereocenters. The number of likely N-dealkylation sites (N-methyl/N-ethyl adjacent to an activating group) is 1. The summed E-state index contributed by atoms with van der Waals surface area (Å²) in [5.41, 5.74) is 2.06. The lowest BCUT2D eigenvalue weighted by Gasteiger charge is -2.22. The molecule has 0 amide bonds. The van der Waals surface area contributed by atoms with Crippen LogP contribution in [0.5, 0.6) is 0 Å².